The Kier molecular flexibility index (Phi) is 5.20. The molecule has 0 aromatic heterocycles. The molecular formula is C14H20N2O4. The first-order chi connectivity index (χ1) is 9.67. The van der Waals surface area contributed by atoms with Crippen molar-refractivity contribution in [3.63, 3.8) is 0 Å². The summed E-state index contributed by atoms with van der Waals surface area (Å²) < 4.78 is 16.4. The minimum Gasteiger partial charge on any atom is -0.497 e. The predicted octanol–water partition coefficient (Wildman–Crippen LogP) is 0.260. The largest absolute Gasteiger partial charge is 0.497 e. The van der Waals surface area contributed by atoms with E-state index < -0.39 is 0 Å². The summed E-state index contributed by atoms with van der Waals surface area (Å²) in [6.07, 6.45) is -0.0507. The molecule has 1 aromatic rings. The van der Waals surface area contributed by atoms with Crippen molar-refractivity contribution in [2.45, 2.75) is 6.10 Å². The third kappa shape index (κ3) is 4.40. The van der Waals surface area contributed by atoms with Crippen LogP contribution in [-0.4, -0.2) is 56.9 Å². The SMILES string of the molecule is COc1ccc(OC[C@@H]2CN(CC(N)=O)CCO2)cc1. The third-order valence-corrected chi connectivity index (χ3v) is 3.10. The number of primary amides is 1. The fraction of sp³-hybridized carbons (Fsp3) is 0.500. The third-order valence-electron chi connectivity index (χ3n) is 3.10. The highest BCUT2D eigenvalue weighted by molar-refractivity contribution is 5.75. The molecule has 2 rings (SSSR count). The van der Waals surface area contributed by atoms with Gasteiger partial charge in [-0.1, -0.05) is 0 Å². The van der Waals surface area contributed by atoms with Gasteiger partial charge in [0.05, 0.1) is 20.3 Å². The van der Waals surface area contributed by atoms with Gasteiger partial charge in [-0.3, -0.25) is 9.69 Å². The molecule has 0 aliphatic carbocycles. The van der Waals surface area contributed by atoms with Gasteiger partial charge in [0, 0.05) is 13.1 Å². The minimum absolute atomic E-state index is 0.0507. The highest BCUT2D eigenvalue weighted by Gasteiger charge is 2.21. The van der Waals surface area contributed by atoms with Crippen LogP contribution in [0.4, 0.5) is 0 Å². The van der Waals surface area contributed by atoms with E-state index in [0.29, 0.717) is 19.8 Å². The molecule has 2 N–H and O–H groups in total. The van der Waals surface area contributed by atoms with Crippen molar-refractivity contribution < 1.29 is 19.0 Å². The van der Waals surface area contributed by atoms with Crippen molar-refractivity contribution in [1.82, 2.24) is 4.90 Å². The number of hydrogen-bond donors (Lipinski definition) is 1. The Morgan fingerprint density at radius 1 is 1.40 bits per heavy atom. The maximum absolute atomic E-state index is 10.9. The highest BCUT2D eigenvalue weighted by Crippen LogP contribution is 2.17. The molecule has 0 radical (unpaired) electrons. The van der Waals surface area contributed by atoms with E-state index in [4.69, 9.17) is 19.9 Å². The molecule has 6 nitrogen and oxygen atoms in total. The number of ether oxygens (including phenoxy) is 3. The Morgan fingerprint density at radius 3 is 2.75 bits per heavy atom. The molecule has 20 heavy (non-hydrogen) atoms. The molecule has 1 saturated heterocycles. The lowest BCUT2D eigenvalue weighted by molar-refractivity contribution is -0.121. The summed E-state index contributed by atoms with van der Waals surface area (Å²) >= 11 is 0. The van der Waals surface area contributed by atoms with E-state index in [1.54, 1.807) is 7.11 Å². The number of carbonyl (C=O) groups excluding carboxylic acids is 1. The first-order valence-electron chi connectivity index (χ1n) is 6.56. The first-order valence-corrected chi connectivity index (χ1v) is 6.56. The van der Waals surface area contributed by atoms with Crippen LogP contribution in [0.2, 0.25) is 0 Å². The molecule has 1 heterocycles. The summed E-state index contributed by atoms with van der Waals surface area (Å²) in [4.78, 5) is 12.9. The standard InChI is InChI=1S/C14H20N2O4/c1-18-11-2-4-12(5-3-11)20-10-13-8-16(6-7-19-13)9-14(15)17/h2-5,13H,6-10H2,1H3,(H2,15,17)/t13-/m0/s1. The van der Waals surface area contributed by atoms with Crippen LogP contribution >= 0.6 is 0 Å². The lowest BCUT2D eigenvalue weighted by atomic mass is 10.2. The Hall–Kier alpha value is -1.79. The number of morpholine rings is 1. The van der Waals surface area contributed by atoms with Gasteiger partial charge >= 0.3 is 0 Å². The van der Waals surface area contributed by atoms with Gasteiger partial charge in [0.1, 0.15) is 24.2 Å². The molecule has 1 atom stereocenters. The fourth-order valence-electron chi connectivity index (χ4n) is 2.11. The van der Waals surface area contributed by atoms with Crippen molar-refractivity contribution in [3.05, 3.63) is 24.3 Å². The Balaban J connectivity index is 1.79. The van der Waals surface area contributed by atoms with Crippen molar-refractivity contribution in [2.24, 2.45) is 5.73 Å². The van der Waals surface area contributed by atoms with Crippen LogP contribution in [-0.2, 0) is 9.53 Å². The van der Waals surface area contributed by atoms with Crippen molar-refractivity contribution in [2.75, 3.05) is 40.0 Å². The molecule has 1 fully saturated rings. The maximum Gasteiger partial charge on any atom is 0.231 e. The number of nitrogens with zero attached hydrogens (tertiary/aromatic N) is 1. The number of methoxy groups -OCH3 is 1. The lowest BCUT2D eigenvalue weighted by Gasteiger charge is -2.31. The number of nitrogens with two attached hydrogens (primary N) is 1. The van der Waals surface area contributed by atoms with Gasteiger partial charge in [-0.15, -0.1) is 0 Å². The Morgan fingerprint density at radius 2 is 2.10 bits per heavy atom. The number of rotatable bonds is 6. The molecule has 110 valence electrons. The summed E-state index contributed by atoms with van der Waals surface area (Å²) in [5, 5.41) is 0. The van der Waals surface area contributed by atoms with E-state index in [-0.39, 0.29) is 18.6 Å². The van der Waals surface area contributed by atoms with Crippen LogP contribution in [0.5, 0.6) is 11.5 Å². The van der Waals surface area contributed by atoms with Gasteiger partial charge < -0.3 is 19.9 Å². The summed E-state index contributed by atoms with van der Waals surface area (Å²) in [5.74, 6) is 1.24. The zero-order valence-electron chi connectivity index (χ0n) is 11.6. The van der Waals surface area contributed by atoms with Gasteiger partial charge in [0.2, 0.25) is 5.91 Å². The second-order valence-electron chi connectivity index (χ2n) is 4.68. The molecular weight excluding hydrogens is 260 g/mol. The van der Waals surface area contributed by atoms with Crippen LogP contribution in [0, 0.1) is 0 Å². The predicted molar refractivity (Wildman–Crippen MR) is 73.9 cm³/mol. The Labute approximate surface area is 118 Å². The van der Waals surface area contributed by atoms with E-state index in [0.717, 1.165) is 18.0 Å². The number of amides is 1. The topological polar surface area (TPSA) is 74.0 Å². The number of hydrogen-bond acceptors (Lipinski definition) is 5. The van der Waals surface area contributed by atoms with E-state index in [2.05, 4.69) is 0 Å². The molecule has 0 unspecified atom stereocenters. The van der Waals surface area contributed by atoms with Crippen molar-refractivity contribution in [3.8, 4) is 11.5 Å². The highest BCUT2D eigenvalue weighted by atomic mass is 16.5. The monoisotopic (exact) mass is 280 g/mol. The van der Waals surface area contributed by atoms with Gasteiger partial charge in [0.15, 0.2) is 0 Å². The second kappa shape index (κ2) is 7.12. The smallest absolute Gasteiger partial charge is 0.231 e. The van der Waals surface area contributed by atoms with E-state index in [1.807, 2.05) is 29.2 Å². The molecule has 1 aliphatic heterocycles. The van der Waals surface area contributed by atoms with Gasteiger partial charge in [-0.05, 0) is 24.3 Å². The molecule has 1 aromatic carbocycles. The van der Waals surface area contributed by atoms with Crippen molar-refractivity contribution in [1.29, 1.82) is 0 Å². The molecule has 1 amide bonds. The Bertz CT molecular complexity index is 435. The van der Waals surface area contributed by atoms with Gasteiger partial charge in [-0.2, -0.15) is 0 Å². The lowest BCUT2D eigenvalue weighted by Crippen LogP contribution is -2.47. The normalized spacial score (nSPS) is 19.6. The maximum atomic E-state index is 10.9. The molecule has 6 heteroatoms. The second-order valence-corrected chi connectivity index (χ2v) is 4.68. The molecule has 0 saturated carbocycles. The zero-order chi connectivity index (χ0) is 14.4. The summed E-state index contributed by atoms with van der Waals surface area (Å²) in [5.41, 5.74) is 5.20. The first kappa shape index (κ1) is 14.6. The van der Waals surface area contributed by atoms with E-state index >= 15 is 0 Å². The van der Waals surface area contributed by atoms with Gasteiger partial charge in [0.25, 0.3) is 0 Å². The average Bonchev–Trinajstić information content (AvgIpc) is 2.45. The summed E-state index contributed by atoms with van der Waals surface area (Å²) in [6, 6.07) is 7.39. The summed E-state index contributed by atoms with van der Waals surface area (Å²) in [6.45, 7) is 2.68. The van der Waals surface area contributed by atoms with Crippen LogP contribution in [0.25, 0.3) is 0 Å². The zero-order valence-corrected chi connectivity index (χ0v) is 11.6. The number of carbonyl (C=O) groups is 1. The van der Waals surface area contributed by atoms with E-state index in [9.17, 15) is 4.79 Å². The summed E-state index contributed by atoms with van der Waals surface area (Å²) in [7, 11) is 1.62. The minimum atomic E-state index is -0.318. The van der Waals surface area contributed by atoms with Crippen LogP contribution < -0.4 is 15.2 Å². The number of benzene rings is 1. The average molecular weight is 280 g/mol. The molecule has 1 aliphatic rings. The quantitative estimate of drug-likeness (QED) is 0.809. The van der Waals surface area contributed by atoms with Crippen LogP contribution in [0.1, 0.15) is 0 Å². The van der Waals surface area contributed by atoms with Gasteiger partial charge in [-0.25, -0.2) is 0 Å². The van der Waals surface area contributed by atoms with E-state index in [1.165, 1.54) is 0 Å². The molecule has 0 spiro atoms. The van der Waals surface area contributed by atoms with Crippen LogP contribution in [0.15, 0.2) is 24.3 Å². The fourth-order valence-corrected chi connectivity index (χ4v) is 2.11. The molecule has 0 bridgehead atoms. The van der Waals surface area contributed by atoms with Crippen molar-refractivity contribution >= 4 is 5.91 Å². The van der Waals surface area contributed by atoms with Crippen LogP contribution in [0.3, 0.4) is 0 Å².